The van der Waals surface area contributed by atoms with Crippen molar-refractivity contribution in [1.82, 2.24) is 10.9 Å². The molecule has 1 aromatic rings. The summed E-state index contributed by atoms with van der Waals surface area (Å²) in [6.07, 6.45) is 0. The molecule has 0 radical (unpaired) electrons. The number of hydrazine groups is 1. The maximum atomic E-state index is 11.5. The number of nitrogens with one attached hydrogen (secondary N) is 2. The third kappa shape index (κ3) is 3.60. The molecule has 1 rings (SSSR count). The number of rotatable bonds is 3. The van der Waals surface area contributed by atoms with Gasteiger partial charge in [-0.15, -0.1) is 0 Å². The second-order valence-corrected chi connectivity index (χ2v) is 3.43. The highest BCUT2D eigenvalue weighted by Gasteiger charge is 2.18. The minimum Gasteiger partial charge on any atom is -0.369 e. The van der Waals surface area contributed by atoms with E-state index in [1.54, 1.807) is 30.3 Å². The predicted molar refractivity (Wildman–Crippen MR) is 60.4 cm³/mol. The van der Waals surface area contributed by atoms with Crippen molar-refractivity contribution in [2.75, 3.05) is 0 Å². The summed E-state index contributed by atoms with van der Waals surface area (Å²) in [5.74, 6) is -2.86. The van der Waals surface area contributed by atoms with E-state index in [0.29, 0.717) is 5.56 Å². The number of primary amides is 1. The minimum atomic E-state index is -0.994. The number of benzene rings is 1. The van der Waals surface area contributed by atoms with Crippen LogP contribution in [0.3, 0.4) is 0 Å². The monoisotopic (exact) mass is 235 g/mol. The van der Waals surface area contributed by atoms with Crippen LogP contribution in [0.25, 0.3) is 0 Å². The lowest BCUT2D eigenvalue weighted by Crippen LogP contribution is -2.46. The van der Waals surface area contributed by atoms with Gasteiger partial charge in [0.2, 0.25) is 5.91 Å². The number of carbonyl (C=O) groups excluding carboxylic acids is 3. The summed E-state index contributed by atoms with van der Waals surface area (Å²) in [6, 6.07) is 8.36. The molecule has 1 atom stereocenters. The van der Waals surface area contributed by atoms with Crippen molar-refractivity contribution in [3.05, 3.63) is 35.9 Å². The normalized spacial score (nSPS) is 11.4. The molecule has 0 spiro atoms. The Hall–Kier alpha value is -2.37. The molecule has 3 amide bonds. The fourth-order valence-corrected chi connectivity index (χ4v) is 1.02. The summed E-state index contributed by atoms with van der Waals surface area (Å²) >= 11 is 0. The van der Waals surface area contributed by atoms with Crippen molar-refractivity contribution in [2.45, 2.75) is 6.92 Å². The van der Waals surface area contributed by atoms with Crippen LogP contribution in [0.5, 0.6) is 0 Å². The number of carbonyl (C=O) groups is 3. The molecule has 0 heterocycles. The van der Waals surface area contributed by atoms with Gasteiger partial charge < -0.3 is 5.73 Å². The van der Waals surface area contributed by atoms with Gasteiger partial charge in [-0.25, -0.2) is 0 Å². The van der Waals surface area contributed by atoms with Gasteiger partial charge in [-0.1, -0.05) is 18.2 Å². The molecule has 1 unspecified atom stereocenters. The molecule has 0 aliphatic carbocycles. The first kappa shape index (κ1) is 12.7. The minimum absolute atomic E-state index is 0.402. The molecule has 0 saturated carbocycles. The molecule has 0 aromatic heterocycles. The molecule has 4 N–H and O–H groups in total. The van der Waals surface area contributed by atoms with Gasteiger partial charge >= 0.3 is 0 Å². The molecule has 0 bridgehead atoms. The molecule has 6 heteroatoms. The van der Waals surface area contributed by atoms with Crippen molar-refractivity contribution in [3.63, 3.8) is 0 Å². The summed E-state index contributed by atoms with van der Waals surface area (Å²) in [5, 5.41) is 0. The molecule has 0 saturated heterocycles. The van der Waals surface area contributed by atoms with Crippen molar-refractivity contribution >= 4 is 17.7 Å². The maximum Gasteiger partial charge on any atom is 0.269 e. The molecule has 6 nitrogen and oxygen atoms in total. The zero-order valence-corrected chi connectivity index (χ0v) is 9.27. The molecular formula is C11H13N3O3. The largest absolute Gasteiger partial charge is 0.369 e. The third-order valence-electron chi connectivity index (χ3n) is 2.16. The summed E-state index contributed by atoms with van der Waals surface area (Å²) < 4.78 is 0. The van der Waals surface area contributed by atoms with Crippen molar-refractivity contribution in [2.24, 2.45) is 11.7 Å². The van der Waals surface area contributed by atoms with E-state index in [1.165, 1.54) is 6.92 Å². The maximum absolute atomic E-state index is 11.5. The van der Waals surface area contributed by atoms with Crippen molar-refractivity contribution < 1.29 is 14.4 Å². The second-order valence-electron chi connectivity index (χ2n) is 3.43. The number of amides is 3. The van der Waals surface area contributed by atoms with E-state index in [-0.39, 0.29) is 0 Å². The summed E-state index contributed by atoms with van der Waals surface area (Å²) in [6.45, 7) is 1.35. The van der Waals surface area contributed by atoms with Gasteiger partial charge in [0.05, 0.1) is 0 Å². The van der Waals surface area contributed by atoms with Gasteiger partial charge in [-0.2, -0.15) is 0 Å². The SMILES string of the molecule is CC(C(N)=O)C(=O)NNC(=O)c1ccccc1. The van der Waals surface area contributed by atoms with E-state index in [0.717, 1.165) is 0 Å². The Bertz CT molecular complexity index is 431. The first-order chi connectivity index (χ1) is 8.02. The highest BCUT2D eigenvalue weighted by Crippen LogP contribution is 1.97. The Labute approximate surface area is 98.2 Å². The lowest BCUT2D eigenvalue weighted by molar-refractivity contribution is -0.133. The number of hydrogen-bond donors (Lipinski definition) is 3. The van der Waals surface area contributed by atoms with Gasteiger partial charge in [0.15, 0.2) is 0 Å². The van der Waals surface area contributed by atoms with Gasteiger partial charge in [0.25, 0.3) is 11.8 Å². The van der Waals surface area contributed by atoms with Crippen LogP contribution in [0.1, 0.15) is 17.3 Å². The van der Waals surface area contributed by atoms with Gasteiger partial charge in [-0.3, -0.25) is 25.2 Å². The first-order valence-corrected chi connectivity index (χ1v) is 4.97. The lowest BCUT2D eigenvalue weighted by atomic mass is 10.1. The Morgan fingerprint density at radius 1 is 1.12 bits per heavy atom. The van der Waals surface area contributed by atoms with E-state index in [1.807, 2.05) is 0 Å². The van der Waals surface area contributed by atoms with Crippen LogP contribution in [0.2, 0.25) is 0 Å². The quantitative estimate of drug-likeness (QED) is 0.489. The number of nitrogens with two attached hydrogens (primary N) is 1. The molecule has 0 aliphatic heterocycles. The summed E-state index contributed by atoms with van der Waals surface area (Å²) in [7, 11) is 0. The molecule has 0 fully saturated rings. The molecular weight excluding hydrogens is 222 g/mol. The Kier molecular flexibility index (Phi) is 4.21. The molecule has 1 aromatic carbocycles. The van der Waals surface area contributed by atoms with Crippen LogP contribution in [0.4, 0.5) is 0 Å². The topological polar surface area (TPSA) is 101 Å². The van der Waals surface area contributed by atoms with Crippen LogP contribution in [-0.4, -0.2) is 17.7 Å². The number of hydrogen-bond acceptors (Lipinski definition) is 3. The highest BCUT2D eigenvalue weighted by atomic mass is 16.2. The van der Waals surface area contributed by atoms with Crippen molar-refractivity contribution in [3.8, 4) is 0 Å². The highest BCUT2D eigenvalue weighted by molar-refractivity contribution is 6.01. The average molecular weight is 235 g/mol. The second kappa shape index (κ2) is 5.64. The van der Waals surface area contributed by atoms with Gasteiger partial charge in [-0.05, 0) is 19.1 Å². The smallest absolute Gasteiger partial charge is 0.269 e. The summed E-state index contributed by atoms with van der Waals surface area (Å²) in [5.41, 5.74) is 9.66. The fraction of sp³-hybridized carbons (Fsp3) is 0.182. The fourth-order valence-electron chi connectivity index (χ4n) is 1.02. The van der Waals surface area contributed by atoms with E-state index < -0.39 is 23.6 Å². The van der Waals surface area contributed by atoms with Gasteiger partial charge in [0.1, 0.15) is 5.92 Å². The van der Waals surface area contributed by atoms with Crippen LogP contribution in [0.15, 0.2) is 30.3 Å². The zero-order chi connectivity index (χ0) is 12.8. The average Bonchev–Trinajstić information content (AvgIpc) is 2.35. The van der Waals surface area contributed by atoms with E-state index in [2.05, 4.69) is 10.9 Å². The van der Waals surface area contributed by atoms with Crippen LogP contribution in [0, 0.1) is 5.92 Å². The van der Waals surface area contributed by atoms with Crippen molar-refractivity contribution in [1.29, 1.82) is 0 Å². The molecule has 90 valence electrons. The van der Waals surface area contributed by atoms with Crippen LogP contribution >= 0.6 is 0 Å². The molecule has 17 heavy (non-hydrogen) atoms. The standard InChI is InChI=1S/C11H13N3O3/c1-7(9(12)15)10(16)13-14-11(17)8-5-3-2-4-6-8/h2-7H,1H3,(H2,12,15)(H,13,16)(H,14,17). The van der Waals surface area contributed by atoms with Crippen LogP contribution in [-0.2, 0) is 9.59 Å². The van der Waals surface area contributed by atoms with Gasteiger partial charge in [0, 0.05) is 5.56 Å². The van der Waals surface area contributed by atoms with Crippen LogP contribution < -0.4 is 16.6 Å². The van der Waals surface area contributed by atoms with E-state index >= 15 is 0 Å². The Morgan fingerprint density at radius 3 is 2.24 bits per heavy atom. The Morgan fingerprint density at radius 2 is 1.71 bits per heavy atom. The summed E-state index contributed by atoms with van der Waals surface area (Å²) in [4.78, 5) is 33.5. The Balaban J connectivity index is 2.50. The first-order valence-electron chi connectivity index (χ1n) is 4.97. The third-order valence-corrected chi connectivity index (χ3v) is 2.16. The van der Waals surface area contributed by atoms with E-state index in [4.69, 9.17) is 5.73 Å². The zero-order valence-electron chi connectivity index (χ0n) is 9.27. The van der Waals surface area contributed by atoms with E-state index in [9.17, 15) is 14.4 Å². The molecule has 0 aliphatic rings. The predicted octanol–water partition coefficient (Wildman–Crippen LogP) is -0.431. The lowest BCUT2D eigenvalue weighted by Gasteiger charge is -2.10.